The fourth-order valence-corrected chi connectivity index (χ4v) is 4.41. The average Bonchev–Trinajstić information content (AvgIpc) is 3.40. The third-order valence-electron chi connectivity index (χ3n) is 4.93. The maximum Gasteiger partial charge on any atom is 0.237 e. The Hall–Kier alpha value is -2.52. The number of hydrogen-bond donors (Lipinski definition) is 3. The summed E-state index contributed by atoms with van der Waals surface area (Å²) in [4.78, 5) is 40.5. The summed E-state index contributed by atoms with van der Waals surface area (Å²) in [5.41, 5.74) is 1.48. The SMILES string of the molecule is O=C(CCc1nc2ccc(NC(=O)C3CCNC3=O)cc2s1)NC1CCOC1. The number of aromatic nitrogens is 1. The van der Waals surface area contributed by atoms with Gasteiger partial charge in [0.2, 0.25) is 17.7 Å². The maximum absolute atomic E-state index is 12.2. The first-order valence-electron chi connectivity index (χ1n) is 9.43. The average molecular weight is 402 g/mol. The van der Waals surface area contributed by atoms with Gasteiger partial charge in [-0.3, -0.25) is 14.4 Å². The van der Waals surface area contributed by atoms with E-state index in [-0.39, 0.29) is 23.8 Å². The summed E-state index contributed by atoms with van der Waals surface area (Å²) in [6.07, 6.45) is 2.34. The van der Waals surface area contributed by atoms with E-state index in [1.54, 1.807) is 6.07 Å². The van der Waals surface area contributed by atoms with E-state index in [0.717, 1.165) is 21.6 Å². The molecule has 2 aromatic rings. The van der Waals surface area contributed by atoms with Gasteiger partial charge in [-0.1, -0.05) is 0 Å². The highest BCUT2D eigenvalue weighted by Gasteiger charge is 2.31. The van der Waals surface area contributed by atoms with Gasteiger partial charge in [-0.15, -0.1) is 11.3 Å². The number of fused-ring (bicyclic) bond motifs is 1. The number of amides is 3. The summed E-state index contributed by atoms with van der Waals surface area (Å²) in [6, 6.07) is 5.60. The van der Waals surface area contributed by atoms with Crippen LogP contribution in [-0.2, 0) is 25.5 Å². The van der Waals surface area contributed by atoms with Crippen LogP contribution < -0.4 is 16.0 Å². The fraction of sp³-hybridized carbons (Fsp3) is 0.474. The predicted octanol–water partition coefficient (Wildman–Crippen LogP) is 1.21. The van der Waals surface area contributed by atoms with E-state index >= 15 is 0 Å². The van der Waals surface area contributed by atoms with Crippen LogP contribution in [0.1, 0.15) is 24.3 Å². The molecule has 2 saturated heterocycles. The molecule has 1 aromatic heterocycles. The monoisotopic (exact) mass is 402 g/mol. The van der Waals surface area contributed by atoms with E-state index < -0.39 is 5.92 Å². The number of nitrogens with one attached hydrogen (secondary N) is 3. The van der Waals surface area contributed by atoms with Gasteiger partial charge in [0.15, 0.2) is 0 Å². The number of anilines is 1. The van der Waals surface area contributed by atoms with Crippen LogP contribution >= 0.6 is 11.3 Å². The van der Waals surface area contributed by atoms with Crippen molar-refractivity contribution in [3.8, 4) is 0 Å². The summed E-state index contributed by atoms with van der Waals surface area (Å²) < 4.78 is 6.20. The van der Waals surface area contributed by atoms with E-state index in [1.165, 1.54) is 11.3 Å². The zero-order chi connectivity index (χ0) is 19.5. The molecule has 2 fully saturated rings. The molecule has 0 bridgehead atoms. The predicted molar refractivity (Wildman–Crippen MR) is 105 cm³/mol. The van der Waals surface area contributed by atoms with Gasteiger partial charge in [0.1, 0.15) is 5.92 Å². The number of hydrogen-bond acceptors (Lipinski definition) is 6. The minimum absolute atomic E-state index is 0.0116. The second-order valence-corrected chi connectivity index (χ2v) is 8.15. The van der Waals surface area contributed by atoms with Crippen molar-refractivity contribution < 1.29 is 19.1 Å². The summed E-state index contributed by atoms with van der Waals surface area (Å²) in [5.74, 6) is -1.12. The first-order valence-corrected chi connectivity index (χ1v) is 10.3. The lowest BCUT2D eigenvalue weighted by Crippen LogP contribution is -2.35. The Balaban J connectivity index is 1.35. The quantitative estimate of drug-likeness (QED) is 0.629. The minimum Gasteiger partial charge on any atom is -0.379 e. The Morgan fingerprint density at radius 1 is 1.32 bits per heavy atom. The third kappa shape index (κ3) is 4.31. The molecule has 9 heteroatoms. The highest BCUT2D eigenvalue weighted by molar-refractivity contribution is 7.18. The first-order chi connectivity index (χ1) is 13.6. The molecular formula is C19H22N4O4S. The molecule has 0 saturated carbocycles. The van der Waals surface area contributed by atoms with E-state index in [0.29, 0.717) is 44.7 Å². The molecule has 8 nitrogen and oxygen atoms in total. The van der Waals surface area contributed by atoms with Crippen LogP contribution in [0.3, 0.4) is 0 Å². The molecule has 2 aliphatic rings. The van der Waals surface area contributed by atoms with Gasteiger partial charge in [-0.05, 0) is 31.0 Å². The summed E-state index contributed by atoms with van der Waals surface area (Å²) in [6.45, 7) is 1.83. The van der Waals surface area contributed by atoms with Crippen molar-refractivity contribution >= 4 is 45.0 Å². The third-order valence-corrected chi connectivity index (χ3v) is 6.00. The number of carbonyl (C=O) groups excluding carboxylic acids is 3. The van der Waals surface area contributed by atoms with E-state index in [1.807, 2.05) is 12.1 Å². The number of benzene rings is 1. The van der Waals surface area contributed by atoms with E-state index in [4.69, 9.17) is 4.74 Å². The van der Waals surface area contributed by atoms with Crippen molar-refractivity contribution in [2.75, 3.05) is 25.1 Å². The van der Waals surface area contributed by atoms with Crippen LogP contribution in [0.15, 0.2) is 18.2 Å². The van der Waals surface area contributed by atoms with Crippen molar-refractivity contribution in [1.29, 1.82) is 0 Å². The molecule has 4 rings (SSSR count). The van der Waals surface area contributed by atoms with Crippen LogP contribution in [0.4, 0.5) is 5.69 Å². The van der Waals surface area contributed by atoms with Crippen molar-refractivity contribution in [2.24, 2.45) is 5.92 Å². The second kappa shape index (κ2) is 8.24. The molecule has 148 valence electrons. The molecule has 3 amide bonds. The fourth-order valence-electron chi connectivity index (χ4n) is 3.40. The number of rotatable bonds is 6. The summed E-state index contributed by atoms with van der Waals surface area (Å²) in [7, 11) is 0. The lowest BCUT2D eigenvalue weighted by molar-refractivity contribution is -0.130. The standard InChI is InChI=1S/C19H22N4O4S/c24-16(21-12-6-8-27-10-12)3-4-17-23-14-2-1-11(9-15(14)28-17)22-19(26)13-5-7-20-18(13)25/h1-2,9,12-13H,3-8,10H2,(H,20,25)(H,21,24)(H,22,26). The smallest absolute Gasteiger partial charge is 0.237 e. The molecule has 28 heavy (non-hydrogen) atoms. The van der Waals surface area contributed by atoms with Gasteiger partial charge in [0, 0.05) is 31.7 Å². The number of ether oxygens (including phenoxy) is 1. The normalized spacial score (nSPS) is 21.6. The van der Waals surface area contributed by atoms with Crippen LogP contribution in [0, 0.1) is 5.92 Å². The van der Waals surface area contributed by atoms with E-state index in [9.17, 15) is 14.4 Å². The summed E-state index contributed by atoms with van der Waals surface area (Å²) >= 11 is 1.51. The molecule has 1 aromatic carbocycles. The van der Waals surface area contributed by atoms with Gasteiger partial charge < -0.3 is 20.7 Å². The van der Waals surface area contributed by atoms with Gasteiger partial charge in [0.05, 0.1) is 27.9 Å². The van der Waals surface area contributed by atoms with Crippen LogP contribution in [0.5, 0.6) is 0 Å². The first kappa shape index (κ1) is 18.8. The molecule has 0 aliphatic carbocycles. The van der Waals surface area contributed by atoms with Crippen LogP contribution in [0.25, 0.3) is 10.2 Å². The zero-order valence-electron chi connectivity index (χ0n) is 15.3. The van der Waals surface area contributed by atoms with Crippen molar-refractivity contribution in [3.63, 3.8) is 0 Å². The Morgan fingerprint density at radius 3 is 2.96 bits per heavy atom. The molecule has 2 aliphatic heterocycles. The molecule has 2 atom stereocenters. The Bertz CT molecular complexity index is 906. The highest BCUT2D eigenvalue weighted by Crippen LogP contribution is 2.26. The molecule has 3 N–H and O–H groups in total. The lowest BCUT2D eigenvalue weighted by atomic mass is 10.1. The highest BCUT2D eigenvalue weighted by atomic mass is 32.1. The maximum atomic E-state index is 12.2. The largest absolute Gasteiger partial charge is 0.379 e. The van der Waals surface area contributed by atoms with Crippen LogP contribution in [-0.4, -0.2) is 48.5 Å². The topological polar surface area (TPSA) is 109 Å². The summed E-state index contributed by atoms with van der Waals surface area (Å²) in [5, 5.41) is 9.33. The Morgan fingerprint density at radius 2 is 2.21 bits per heavy atom. The number of carbonyl (C=O) groups is 3. The van der Waals surface area contributed by atoms with Gasteiger partial charge >= 0.3 is 0 Å². The zero-order valence-corrected chi connectivity index (χ0v) is 16.1. The lowest BCUT2D eigenvalue weighted by Gasteiger charge is -2.09. The van der Waals surface area contributed by atoms with Gasteiger partial charge in [-0.2, -0.15) is 0 Å². The van der Waals surface area contributed by atoms with Gasteiger partial charge in [0.25, 0.3) is 0 Å². The Kier molecular flexibility index (Phi) is 5.54. The molecule has 0 spiro atoms. The second-order valence-electron chi connectivity index (χ2n) is 7.04. The van der Waals surface area contributed by atoms with Crippen LogP contribution in [0.2, 0.25) is 0 Å². The Labute approximate surface area is 166 Å². The van der Waals surface area contributed by atoms with E-state index in [2.05, 4.69) is 20.9 Å². The number of aryl methyl sites for hydroxylation is 1. The number of nitrogens with zero attached hydrogens (tertiary/aromatic N) is 1. The minimum atomic E-state index is -0.628. The number of thiazole rings is 1. The molecule has 0 radical (unpaired) electrons. The van der Waals surface area contributed by atoms with Crippen molar-refractivity contribution in [2.45, 2.75) is 31.7 Å². The molecule has 3 heterocycles. The molecule has 2 unspecified atom stereocenters. The van der Waals surface area contributed by atoms with Gasteiger partial charge in [-0.25, -0.2) is 4.98 Å². The van der Waals surface area contributed by atoms with Crippen molar-refractivity contribution in [1.82, 2.24) is 15.6 Å². The van der Waals surface area contributed by atoms with Crippen molar-refractivity contribution in [3.05, 3.63) is 23.2 Å². The molecular weight excluding hydrogens is 380 g/mol.